The van der Waals surface area contributed by atoms with Gasteiger partial charge in [0.2, 0.25) is 0 Å². The number of allylic oxidation sites excluding steroid dienone is 2. The van der Waals surface area contributed by atoms with Crippen molar-refractivity contribution in [3.05, 3.63) is 24.3 Å². The molecule has 2 nitrogen and oxygen atoms in total. The van der Waals surface area contributed by atoms with Crippen LogP contribution < -0.4 is 0 Å². The van der Waals surface area contributed by atoms with Crippen molar-refractivity contribution in [1.29, 1.82) is 0 Å². The summed E-state index contributed by atoms with van der Waals surface area (Å²) in [6, 6.07) is 0.824. The minimum atomic E-state index is 0.307. The van der Waals surface area contributed by atoms with Crippen LogP contribution in [0.4, 0.5) is 0 Å². The first kappa shape index (κ1) is 9.63. The normalized spacial score (nSPS) is 28.7. The van der Waals surface area contributed by atoms with Crippen LogP contribution in [0.2, 0.25) is 0 Å². The Morgan fingerprint density at radius 3 is 2.50 bits per heavy atom. The van der Waals surface area contributed by atoms with E-state index in [-0.39, 0.29) is 0 Å². The molecule has 1 saturated carbocycles. The average molecular weight is 190 g/mol. The monoisotopic (exact) mass is 190 g/mol. The van der Waals surface area contributed by atoms with E-state index in [1.807, 2.05) is 0 Å². The Bertz CT molecular complexity index is 247. The minimum absolute atomic E-state index is 0.307. The zero-order valence-electron chi connectivity index (χ0n) is 8.60. The summed E-state index contributed by atoms with van der Waals surface area (Å²) in [6.07, 6.45) is 16.0. The molecule has 2 aliphatic rings. The molecule has 1 fully saturated rings. The molecule has 0 saturated heterocycles. The summed E-state index contributed by atoms with van der Waals surface area (Å²) in [5.41, 5.74) is 0. The number of rotatable bonds is 2. The highest BCUT2D eigenvalue weighted by Gasteiger charge is 2.12. The second-order valence-corrected chi connectivity index (χ2v) is 4.14. The third kappa shape index (κ3) is 2.79. The van der Waals surface area contributed by atoms with Crippen LogP contribution in [0.5, 0.6) is 0 Å². The summed E-state index contributed by atoms with van der Waals surface area (Å²) < 4.78 is 0. The molecule has 1 atom stereocenters. The van der Waals surface area contributed by atoms with Crippen molar-refractivity contribution in [3.63, 3.8) is 0 Å². The lowest BCUT2D eigenvalue weighted by molar-refractivity contribution is 0.425. The maximum atomic E-state index is 4.45. The smallest absolute Gasteiger partial charge is 0.0926 e. The average Bonchev–Trinajstić information content (AvgIpc) is 2.29. The minimum Gasteiger partial charge on any atom is -0.190 e. The van der Waals surface area contributed by atoms with E-state index in [4.69, 9.17) is 0 Å². The van der Waals surface area contributed by atoms with Crippen molar-refractivity contribution in [2.75, 3.05) is 0 Å². The van der Waals surface area contributed by atoms with E-state index in [0.717, 1.165) is 6.42 Å². The molecule has 2 aliphatic carbocycles. The fourth-order valence-electron chi connectivity index (χ4n) is 2.03. The number of hydrogen-bond acceptors (Lipinski definition) is 2. The van der Waals surface area contributed by atoms with E-state index in [1.54, 1.807) is 0 Å². The predicted octanol–water partition coefficient (Wildman–Crippen LogP) is 3.66. The first-order valence-corrected chi connectivity index (χ1v) is 5.68. The Hall–Kier alpha value is -0.920. The Labute approximate surface area is 85.8 Å². The van der Waals surface area contributed by atoms with Gasteiger partial charge in [0.05, 0.1) is 12.1 Å². The predicted molar refractivity (Wildman–Crippen MR) is 58.4 cm³/mol. The van der Waals surface area contributed by atoms with Crippen molar-refractivity contribution < 1.29 is 0 Å². The zero-order chi connectivity index (χ0) is 9.64. The molecule has 2 rings (SSSR count). The third-order valence-electron chi connectivity index (χ3n) is 2.91. The molecule has 14 heavy (non-hydrogen) atoms. The highest BCUT2D eigenvalue weighted by Crippen LogP contribution is 2.21. The van der Waals surface area contributed by atoms with Crippen LogP contribution in [0.3, 0.4) is 0 Å². The molecule has 0 heterocycles. The Kier molecular flexibility index (Phi) is 3.50. The highest BCUT2D eigenvalue weighted by molar-refractivity contribution is 5.13. The van der Waals surface area contributed by atoms with Crippen LogP contribution >= 0.6 is 0 Å². The maximum absolute atomic E-state index is 4.45. The molecule has 0 spiro atoms. The second-order valence-electron chi connectivity index (χ2n) is 4.14. The first-order valence-electron chi connectivity index (χ1n) is 5.68. The molecular formula is C12H18N2. The molecule has 0 aromatic heterocycles. The van der Waals surface area contributed by atoms with E-state index in [2.05, 4.69) is 34.5 Å². The quantitative estimate of drug-likeness (QED) is 0.594. The summed E-state index contributed by atoms with van der Waals surface area (Å²) in [6.45, 7) is 0. The van der Waals surface area contributed by atoms with Gasteiger partial charge in [-0.1, -0.05) is 43.6 Å². The topological polar surface area (TPSA) is 24.7 Å². The molecule has 2 heteroatoms. The lowest BCUT2D eigenvalue weighted by atomic mass is 9.96. The Morgan fingerprint density at radius 2 is 1.79 bits per heavy atom. The van der Waals surface area contributed by atoms with Crippen LogP contribution in [0.15, 0.2) is 34.5 Å². The SMILES string of the molecule is C1=CCC(N=NC2CCCCC2)C=C1. The van der Waals surface area contributed by atoms with E-state index < -0.39 is 0 Å². The molecule has 0 aromatic carbocycles. The molecule has 0 radical (unpaired) electrons. The van der Waals surface area contributed by atoms with Crippen LogP contribution in [-0.4, -0.2) is 12.1 Å². The highest BCUT2D eigenvalue weighted by atomic mass is 15.1. The Balaban J connectivity index is 1.80. The standard InChI is InChI=1S/C12H18N2/c1-3-7-11(8-4-1)13-14-12-9-5-2-6-10-12/h1,3-4,7,11-12H,2,5-6,8-10H2. The van der Waals surface area contributed by atoms with Crippen molar-refractivity contribution in [2.24, 2.45) is 10.2 Å². The molecule has 0 N–H and O–H groups in total. The van der Waals surface area contributed by atoms with E-state index in [9.17, 15) is 0 Å². The van der Waals surface area contributed by atoms with Crippen molar-refractivity contribution in [2.45, 2.75) is 50.6 Å². The maximum Gasteiger partial charge on any atom is 0.0926 e. The lowest BCUT2D eigenvalue weighted by Crippen LogP contribution is -2.10. The molecule has 1 unspecified atom stereocenters. The van der Waals surface area contributed by atoms with Gasteiger partial charge in [-0.3, -0.25) is 0 Å². The van der Waals surface area contributed by atoms with Crippen molar-refractivity contribution in [3.8, 4) is 0 Å². The van der Waals surface area contributed by atoms with Gasteiger partial charge in [-0.25, -0.2) is 0 Å². The molecule has 0 amide bonds. The van der Waals surface area contributed by atoms with Gasteiger partial charge >= 0.3 is 0 Å². The fourth-order valence-corrected chi connectivity index (χ4v) is 2.03. The van der Waals surface area contributed by atoms with Gasteiger partial charge in [0.15, 0.2) is 0 Å². The van der Waals surface area contributed by atoms with Crippen molar-refractivity contribution in [1.82, 2.24) is 0 Å². The summed E-state index contributed by atoms with van der Waals surface area (Å²) in [4.78, 5) is 0. The van der Waals surface area contributed by atoms with Crippen LogP contribution in [0.1, 0.15) is 38.5 Å². The van der Waals surface area contributed by atoms with E-state index in [0.29, 0.717) is 12.1 Å². The van der Waals surface area contributed by atoms with E-state index >= 15 is 0 Å². The first-order chi connectivity index (χ1) is 6.95. The molecule has 76 valence electrons. The largest absolute Gasteiger partial charge is 0.190 e. The number of azo groups is 1. The summed E-state index contributed by atoms with van der Waals surface area (Å²) in [5, 5.41) is 8.84. The summed E-state index contributed by atoms with van der Waals surface area (Å²) in [7, 11) is 0. The van der Waals surface area contributed by atoms with Crippen LogP contribution in [0, 0.1) is 0 Å². The fraction of sp³-hybridized carbons (Fsp3) is 0.667. The second kappa shape index (κ2) is 5.08. The van der Waals surface area contributed by atoms with E-state index in [1.165, 1.54) is 32.1 Å². The third-order valence-corrected chi connectivity index (χ3v) is 2.91. The van der Waals surface area contributed by atoms with Gasteiger partial charge in [0, 0.05) is 0 Å². The summed E-state index contributed by atoms with van der Waals surface area (Å²) >= 11 is 0. The number of hydrogen-bond donors (Lipinski definition) is 0. The van der Waals surface area contributed by atoms with Gasteiger partial charge in [0.1, 0.15) is 0 Å². The number of nitrogens with zero attached hydrogens (tertiary/aromatic N) is 2. The lowest BCUT2D eigenvalue weighted by Gasteiger charge is -2.17. The summed E-state index contributed by atoms with van der Waals surface area (Å²) in [5.74, 6) is 0. The van der Waals surface area contributed by atoms with Crippen molar-refractivity contribution >= 4 is 0 Å². The van der Waals surface area contributed by atoms with Gasteiger partial charge in [-0.15, -0.1) is 0 Å². The van der Waals surface area contributed by atoms with Gasteiger partial charge in [-0.2, -0.15) is 10.2 Å². The molecular weight excluding hydrogens is 172 g/mol. The van der Waals surface area contributed by atoms with Crippen LogP contribution in [0.25, 0.3) is 0 Å². The molecule has 0 aliphatic heterocycles. The van der Waals surface area contributed by atoms with Crippen LogP contribution in [-0.2, 0) is 0 Å². The van der Waals surface area contributed by atoms with Gasteiger partial charge in [0.25, 0.3) is 0 Å². The zero-order valence-corrected chi connectivity index (χ0v) is 8.60. The van der Waals surface area contributed by atoms with Gasteiger partial charge < -0.3 is 0 Å². The molecule has 0 bridgehead atoms. The van der Waals surface area contributed by atoms with Gasteiger partial charge in [-0.05, 0) is 19.3 Å². The molecule has 0 aromatic rings. The Morgan fingerprint density at radius 1 is 0.929 bits per heavy atom.